The average Bonchev–Trinajstić information content (AvgIpc) is 2.38. The molecule has 2 rings (SSSR count). The summed E-state index contributed by atoms with van der Waals surface area (Å²) in [6.07, 6.45) is 1.63. The van der Waals surface area contributed by atoms with Gasteiger partial charge in [0.25, 0.3) is 0 Å². The van der Waals surface area contributed by atoms with E-state index < -0.39 is 15.6 Å². The lowest BCUT2D eigenvalue weighted by Crippen LogP contribution is -2.51. The minimum absolute atomic E-state index is 0.221. The lowest BCUT2D eigenvalue weighted by atomic mass is 9.97. The molecule has 0 radical (unpaired) electrons. The van der Waals surface area contributed by atoms with E-state index in [0.29, 0.717) is 18.9 Å². The normalized spacial score (nSPS) is 24.1. The summed E-state index contributed by atoms with van der Waals surface area (Å²) in [5.41, 5.74) is 2.58. The van der Waals surface area contributed by atoms with Gasteiger partial charge in [0, 0.05) is 12.3 Å². The zero-order valence-electron chi connectivity index (χ0n) is 10.8. The van der Waals surface area contributed by atoms with Crippen LogP contribution in [-0.4, -0.2) is 27.2 Å². The number of sulfonamides is 1. The fourth-order valence-corrected chi connectivity index (χ4v) is 3.55. The average molecular weight is 285 g/mol. The number of nitrogens with two attached hydrogens (primary N) is 1. The van der Waals surface area contributed by atoms with Gasteiger partial charge in [0.15, 0.2) is 0 Å². The second-order valence-corrected chi connectivity index (χ2v) is 6.67. The van der Waals surface area contributed by atoms with Crippen LogP contribution in [-0.2, 0) is 14.8 Å². The Balaban J connectivity index is 2.17. The number of anilines is 1. The van der Waals surface area contributed by atoms with Crippen LogP contribution in [0.4, 0.5) is 5.69 Å². The molecule has 0 bridgehead atoms. The smallest absolute Gasteiger partial charge is 0.241 e. The van der Waals surface area contributed by atoms with Gasteiger partial charge in [0.2, 0.25) is 10.0 Å². The van der Waals surface area contributed by atoms with Crippen LogP contribution in [0.1, 0.15) is 19.8 Å². The molecular formula is C12H19N3O3S. The Bertz CT molecular complexity index is 522. The summed E-state index contributed by atoms with van der Waals surface area (Å²) in [4.78, 5) is 0.221. The lowest BCUT2D eigenvalue weighted by molar-refractivity contribution is 0.0386. The van der Waals surface area contributed by atoms with E-state index in [-0.39, 0.29) is 4.90 Å². The highest BCUT2D eigenvalue weighted by Crippen LogP contribution is 2.22. The third-order valence-corrected chi connectivity index (χ3v) is 4.80. The number of nitrogen functional groups attached to an aromatic ring is 1. The molecule has 1 unspecified atom stereocenters. The zero-order chi connectivity index (χ0) is 13.9. The molecule has 1 aliphatic heterocycles. The van der Waals surface area contributed by atoms with Crippen LogP contribution in [0.3, 0.4) is 0 Å². The van der Waals surface area contributed by atoms with Gasteiger partial charge >= 0.3 is 0 Å². The Labute approximate surface area is 113 Å². The number of ether oxygens (including phenoxy) is 1. The summed E-state index contributed by atoms with van der Waals surface area (Å²) in [5, 5.41) is 0. The second-order valence-electron chi connectivity index (χ2n) is 4.99. The van der Waals surface area contributed by atoms with Gasteiger partial charge in [-0.2, -0.15) is 0 Å². The van der Waals surface area contributed by atoms with Crippen molar-refractivity contribution in [1.82, 2.24) is 4.72 Å². The van der Waals surface area contributed by atoms with Crippen molar-refractivity contribution in [2.75, 3.05) is 18.6 Å². The first-order valence-electron chi connectivity index (χ1n) is 6.14. The van der Waals surface area contributed by atoms with E-state index in [9.17, 15) is 8.42 Å². The van der Waals surface area contributed by atoms with E-state index in [1.807, 2.05) is 6.92 Å². The summed E-state index contributed by atoms with van der Waals surface area (Å²) in [5.74, 6) is 5.25. The molecule has 0 aromatic heterocycles. The van der Waals surface area contributed by atoms with Crippen molar-refractivity contribution < 1.29 is 13.2 Å². The highest BCUT2D eigenvalue weighted by molar-refractivity contribution is 7.89. The number of hydrogen-bond donors (Lipinski definition) is 3. The molecule has 0 spiro atoms. The van der Waals surface area contributed by atoms with Gasteiger partial charge in [-0.1, -0.05) is 0 Å². The fourth-order valence-electron chi connectivity index (χ4n) is 2.13. The predicted molar refractivity (Wildman–Crippen MR) is 73.0 cm³/mol. The minimum atomic E-state index is -3.54. The van der Waals surface area contributed by atoms with E-state index in [1.54, 1.807) is 12.1 Å². The van der Waals surface area contributed by atoms with Gasteiger partial charge < -0.3 is 10.2 Å². The highest BCUT2D eigenvalue weighted by Gasteiger charge is 2.32. The maximum Gasteiger partial charge on any atom is 0.241 e. The Hall–Kier alpha value is -1.15. The van der Waals surface area contributed by atoms with Crippen molar-refractivity contribution in [3.8, 4) is 0 Å². The molecular weight excluding hydrogens is 266 g/mol. The molecule has 7 heteroatoms. The number of rotatable bonds is 4. The number of hydrazine groups is 1. The minimum Gasteiger partial charge on any atom is -0.380 e. The Kier molecular flexibility index (Phi) is 4.10. The van der Waals surface area contributed by atoms with Crippen molar-refractivity contribution >= 4 is 15.7 Å². The molecule has 1 fully saturated rings. The molecule has 106 valence electrons. The van der Waals surface area contributed by atoms with Crippen molar-refractivity contribution in [3.05, 3.63) is 24.3 Å². The van der Waals surface area contributed by atoms with Gasteiger partial charge in [0.05, 0.1) is 17.0 Å². The van der Waals surface area contributed by atoms with Crippen LogP contribution in [0.15, 0.2) is 29.2 Å². The Morgan fingerprint density at radius 3 is 2.53 bits per heavy atom. The third-order valence-electron chi connectivity index (χ3n) is 3.15. The van der Waals surface area contributed by atoms with Gasteiger partial charge in [-0.05, 0) is 44.0 Å². The maximum atomic E-state index is 12.3. The van der Waals surface area contributed by atoms with Gasteiger partial charge in [0.1, 0.15) is 0 Å². The molecule has 0 aliphatic carbocycles. The summed E-state index contributed by atoms with van der Waals surface area (Å²) < 4.78 is 32.6. The fraction of sp³-hybridized carbons (Fsp3) is 0.500. The lowest BCUT2D eigenvalue weighted by Gasteiger charge is -2.33. The number of benzene rings is 1. The molecule has 1 saturated heterocycles. The van der Waals surface area contributed by atoms with E-state index in [0.717, 1.165) is 12.8 Å². The molecule has 1 aromatic carbocycles. The second kappa shape index (κ2) is 5.46. The molecule has 0 amide bonds. The van der Waals surface area contributed by atoms with E-state index >= 15 is 0 Å². The van der Waals surface area contributed by atoms with Crippen LogP contribution in [0.5, 0.6) is 0 Å². The standard InChI is InChI=1S/C12H19N3O3S/c1-12(7-2-8-18-9-12)15-19(16,17)11-5-3-10(14-13)4-6-11/h3-6,14-15H,2,7-9,13H2,1H3. The molecule has 1 aromatic rings. The molecule has 4 N–H and O–H groups in total. The Morgan fingerprint density at radius 2 is 2.00 bits per heavy atom. The first-order chi connectivity index (χ1) is 8.95. The number of nitrogens with one attached hydrogen (secondary N) is 2. The summed E-state index contributed by atoms with van der Waals surface area (Å²) in [6, 6.07) is 6.28. The molecule has 1 aliphatic rings. The van der Waals surface area contributed by atoms with E-state index in [2.05, 4.69) is 10.1 Å². The third kappa shape index (κ3) is 3.44. The molecule has 1 heterocycles. The van der Waals surface area contributed by atoms with Gasteiger partial charge in [-0.3, -0.25) is 5.84 Å². The summed E-state index contributed by atoms with van der Waals surface area (Å²) >= 11 is 0. The molecule has 6 nitrogen and oxygen atoms in total. The SMILES string of the molecule is CC1(NS(=O)(=O)c2ccc(NN)cc2)CCCOC1. The first kappa shape index (κ1) is 14.3. The molecule has 0 saturated carbocycles. The zero-order valence-corrected chi connectivity index (χ0v) is 11.7. The Morgan fingerprint density at radius 1 is 1.32 bits per heavy atom. The summed E-state index contributed by atoms with van der Waals surface area (Å²) in [6.45, 7) is 2.95. The van der Waals surface area contributed by atoms with Crippen molar-refractivity contribution in [3.63, 3.8) is 0 Å². The maximum absolute atomic E-state index is 12.3. The summed E-state index contributed by atoms with van der Waals surface area (Å²) in [7, 11) is -3.54. The van der Waals surface area contributed by atoms with Crippen molar-refractivity contribution in [2.24, 2.45) is 5.84 Å². The monoisotopic (exact) mass is 285 g/mol. The first-order valence-corrected chi connectivity index (χ1v) is 7.62. The van der Waals surface area contributed by atoms with E-state index in [1.165, 1.54) is 12.1 Å². The van der Waals surface area contributed by atoms with Gasteiger partial charge in [-0.15, -0.1) is 0 Å². The van der Waals surface area contributed by atoms with Crippen molar-refractivity contribution in [2.45, 2.75) is 30.2 Å². The number of hydrogen-bond acceptors (Lipinski definition) is 5. The van der Waals surface area contributed by atoms with Crippen LogP contribution >= 0.6 is 0 Å². The van der Waals surface area contributed by atoms with Crippen LogP contribution in [0.2, 0.25) is 0 Å². The highest BCUT2D eigenvalue weighted by atomic mass is 32.2. The van der Waals surface area contributed by atoms with Gasteiger partial charge in [-0.25, -0.2) is 13.1 Å². The molecule has 1 atom stereocenters. The molecule has 19 heavy (non-hydrogen) atoms. The topological polar surface area (TPSA) is 93.5 Å². The van der Waals surface area contributed by atoms with E-state index in [4.69, 9.17) is 10.6 Å². The van der Waals surface area contributed by atoms with Crippen LogP contribution in [0.25, 0.3) is 0 Å². The predicted octanol–water partition coefficient (Wildman–Crippen LogP) is 0.820. The largest absolute Gasteiger partial charge is 0.380 e. The quantitative estimate of drug-likeness (QED) is 0.562. The van der Waals surface area contributed by atoms with Crippen LogP contribution < -0.4 is 16.0 Å². The van der Waals surface area contributed by atoms with Crippen molar-refractivity contribution in [1.29, 1.82) is 0 Å². The van der Waals surface area contributed by atoms with Crippen LogP contribution in [0, 0.1) is 0 Å².